The Morgan fingerprint density at radius 1 is 1.22 bits per heavy atom. The Hall–Kier alpha value is -2.46. The molecule has 1 aromatic carbocycles. The maximum absolute atomic E-state index is 13.7. The minimum absolute atomic E-state index is 0.00650. The molecule has 0 saturated carbocycles. The maximum Gasteiger partial charge on any atom is 0.133 e. The van der Waals surface area contributed by atoms with Crippen molar-refractivity contribution in [3.63, 3.8) is 0 Å². The van der Waals surface area contributed by atoms with Crippen molar-refractivity contribution >= 4 is 0 Å². The molecule has 0 spiro atoms. The van der Waals surface area contributed by atoms with E-state index in [1.54, 1.807) is 0 Å². The highest BCUT2D eigenvalue weighted by Gasteiger charge is 2.13. The third kappa shape index (κ3) is 2.28. The summed E-state index contributed by atoms with van der Waals surface area (Å²) in [7, 11) is 0. The van der Waals surface area contributed by atoms with Crippen LogP contribution in [-0.4, -0.2) is 4.98 Å². The second-order valence-corrected chi connectivity index (χ2v) is 3.52. The van der Waals surface area contributed by atoms with Gasteiger partial charge in [0.2, 0.25) is 0 Å². The zero-order valence-corrected chi connectivity index (χ0v) is 9.22. The second-order valence-electron chi connectivity index (χ2n) is 3.52. The number of hydrogen-bond donors (Lipinski definition) is 0. The summed E-state index contributed by atoms with van der Waals surface area (Å²) in [5.74, 6) is -1.33. The average molecular weight is 246 g/mol. The molecule has 0 amide bonds. The van der Waals surface area contributed by atoms with Crippen LogP contribution in [-0.2, 0) is 6.54 Å². The molecule has 90 valence electrons. The third-order valence-corrected chi connectivity index (χ3v) is 2.44. The van der Waals surface area contributed by atoms with Crippen LogP contribution in [0, 0.1) is 11.6 Å². The first-order valence-electron chi connectivity index (χ1n) is 5.12. The van der Waals surface area contributed by atoms with Crippen LogP contribution in [0.4, 0.5) is 8.78 Å². The van der Waals surface area contributed by atoms with Gasteiger partial charge in [0.1, 0.15) is 11.6 Å². The largest absolute Gasteiger partial charge is 0.264 e. The van der Waals surface area contributed by atoms with Crippen LogP contribution in [0.1, 0.15) is 5.56 Å². The summed E-state index contributed by atoms with van der Waals surface area (Å²) in [6.45, 7) is -0.00650. The smallest absolute Gasteiger partial charge is 0.133 e. The van der Waals surface area contributed by atoms with E-state index in [9.17, 15) is 8.78 Å². The molecule has 2 rings (SSSR count). The van der Waals surface area contributed by atoms with Crippen molar-refractivity contribution in [2.24, 2.45) is 5.11 Å². The Kier molecular flexibility index (Phi) is 3.50. The van der Waals surface area contributed by atoms with E-state index < -0.39 is 11.6 Å². The fourth-order valence-electron chi connectivity index (χ4n) is 1.66. The van der Waals surface area contributed by atoms with Gasteiger partial charge in [-0.3, -0.25) is 4.98 Å². The van der Waals surface area contributed by atoms with Crippen molar-refractivity contribution in [1.82, 2.24) is 4.98 Å². The summed E-state index contributed by atoms with van der Waals surface area (Å²) in [5, 5.41) is 3.38. The zero-order chi connectivity index (χ0) is 13.0. The summed E-state index contributed by atoms with van der Waals surface area (Å²) in [6.07, 6.45) is 2.86. The normalized spacial score (nSPS) is 9.89. The number of hydrogen-bond acceptors (Lipinski definition) is 2. The summed E-state index contributed by atoms with van der Waals surface area (Å²) in [6, 6.07) is 5.14. The molecule has 0 atom stereocenters. The van der Waals surface area contributed by atoms with Crippen LogP contribution in [0.3, 0.4) is 0 Å². The molecule has 0 saturated heterocycles. The van der Waals surface area contributed by atoms with Crippen LogP contribution >= 0.6 is 0 Å². The molecule has 0 aliphatic heterocycles. The molecule has 1 aromatic heterocycles. The highest BCUT2D eigenvalue weighted by Crippen LogP contribution is 2.28. The van der Waals surface area contributed by atoms with E-state index >= 15 is 0 Å². The summed E-state index contributed by atoms with van der Waals surface area (Å²) in [4.78, 5) is 6.48. The Bertz CT molecular complexity index is 601. The van der Waals surface area contributed by atoms with Crippen LogP contribution < -0.4 is 0 Å². The fourth-order valence-corrected chi connectivity index (χ4v) is 1.66. The predicted molar refractivity (Wildman–Crippen MR) is 62.4 cm³/mol. The lowest BCUT2D eigenvalue weighted by molar-refractivity contribution is 0.589. The standard InChI is InChI=1S/C12H8F2N4/c13-10-2-1-3-11(14)12(10)9-4-5-16-6-8(9)7-17-18-15/h1-6H,7H2. The number of aromatic nitrogens is 1. The van der Waals surface area contributed by atoms with Crippen LogP contribution in [0.15, 0.2) is 41.8 Å². The third-order valence-electron chi connectivity index (χ3n) is 2.44. The topological polar surface area (TPSA) is 61.7 Å². The highest BCUT2D eigenvalue weighted by molar-refractivity contribution is 5.68. The lowest BCUT2D eigenvalue weighted by Gasteiger charge is -2.08. The van der Waals surface area contributed by atoms with Crippen molar-refractivity contribution in [3.8, 4) is 11.1 Å². The lowest BCUT2D eigenvalue weighted by atomic mass is 10.0. The van der Waals surface area contributed by atoms with E-state index in [0.717, 1.165) is 0 Å². The molecule has 0 aliphatic carbocycles. The van der Waals surface area contributed by atoms with Gasteiger partial charge in [-0.1, -0.05) is 11.2 Å². The molecule has 6 heteroatoms. The molecule has 1 heterocycles. The minimum Gasteiger partial charge on any atom is -0.264 e. The van der Waals surface area contributed by atoms with Gasteiger partial charge in [-0.15, -0.1) is 0 Å². The molecular formula is C12H8F2N4. The predicted octanol–water partition coefficient (Wildman–Crippen LogP) is 3.84. The van der Waals surface area contributed by atoms with E-state index in [-0.39, 0.29) is 12.1 Å². The Morgan fingerprint density at radius 3 is 2.61 bits per heavy atom. The molecule has 0 radical (unpaired) electrons. The highest BCUT2D eigenvalue weighted by atomic mass is 19.1. The summed E-state index contributed by atoms with van der Waals surface area (Å²) < 4.78 is 27.3. The van der Waals surface area contributed by atoms with Gasteiger partial charge >= 0.3 is 0 Å². The van der Waals surface area contributed by atoms with Crippen molar-refractivity contribution in [1.29, 1.82) is 0 Å². The Morgan fingerprint density at radius 2 is 1.94 bits per heavy atom. The van der Waals surface area contributed by atoms with E-state index in [4.69, 9.17) is 5.53 Å². The number of pyridine rings is 1. The van der Waals surface area contributed by atoms with Gasteiger partial charge in [-0.05, 0) is 34.9 Å². The van der Waals surface area contributed by atoms with Gasteiger partial charge in [0.05, 0.1) is 12.1 Å². The first kappa shape index (κ1) is 12.0. The summed E-state index contributed by atoms with van der Waals surface area (Å²) >= 11 is 0. The van der Waals surface area contributed by atoms with Gasteiger partial charge < -0.3 is 0 Å². The molecule has 0 unspecified atom stereocenters. The van der Waals surface area contributed by atoms with Crippen LogP contribution in [0.5, 0.6) is 0 Å². The van der Waals surface area contributed by atoms with Gasteiger partial charge in [0.25, 0.3) is 0 Å². The molecule has 4 nitrogen and oxygen atoms in total. The van der Waals surface area contributed by atoms with E-state index in [2.05, 4.69) is 15.0 Å². The molecule has 0 N–H and O–H groups in total. The van der Waals surface area contributed by atoms with Crippen molar-refractivity contribution in [2.45, 2.75) is 6.54 Å². The molecule has 0 fully saturated rings. The molecule has 18 heavy (non-hydrogen) atoms. The van der Waals surface area contributed by atoms with Gasteiger partial charge in [-0.25, -0.2) is 8.78 Å². The first-order chi connectivity index (χ1) is 8.74. The van der Waals surface area contributed by atoms with Crippen LogP contribution in [0.25, 0.3) is 21.6 Å². The number of halogens is 2. The Balaban J connectivity index is 2.60. The van der Waals surface area contributed by atoms with E-state index in [1.165, 1.54) is 36.7 Å². The average Bonchev–Trinajstić information content (AvgIpc) is 2.37. The molecule has 0 bridgehead atoms. The Labute approximate surface area is 102 Å². The number of azide groups is 1. The quantitative estimate of drug-likeness (QED) is 0.461. The van der Waals surface area contributed by atoms with Crippen molar-refractivity contribution < 1.29 is 8.78 Å². The van der Waals surface area contributed by atoms with E-state index in [1.807, 2.05) is 0 Å². The first-order valence-corrected chi connectivity index (χ1v) is 5.12. The summed E-state index contributed by atoms with van der Waals surface area (Å²) in [5.41, 5.74) is 8.96. The van der Waals surface area contributed by atoms with Crippen LogP contribution in [0.2, 0.25) is 0 Å². The van der Waals surface area contributed by atoms with Crippen molar-refractivity contribution in [3.05, 3.63) is 64.3 Å². The molecular weight excluding hydrogens is 238 g/mol. The SMILES string of the molecule is [N-]=[N+]=NCc1cnccc1-c1c(F)cccc1F. The minimum atomic E-state index is -0.664. The molecule has 0 aliphatic rings. The lowest BCUT2D eigenvalue weighted by Crippen LogP contribution is -1.95. The van der Waals surface area contributed by atoms with Gasteiger partial charge in [0, 0.05) is 17.3 Å². The second kappa shape index (κ2) is 5.25. The monoisotopic (exact) mass is 246 g/mol. The molecule has 2 aromatic rings. The number of benzene rings is 1. The number of rotatable bonds is 3. The van der Waals surface area contributed by atoms with Crippen molar-refractivity contribution in [2.75, 3.05) is 0 Å². The zero-order valence-electron chi connectivity index (χ0n) is 9.22. The maximum atomic E-state index is 13.7. The fraction of sp³-hybridized carbons (Fsp3) is 0.0833. The van der Waals surface area contributed by atoms with Gasteiger partial charge in [0.15, 0.2) is 0 Å². The van der Waals surface area contributed by atoms with Gasteiger partial charge in [-0.2, -0.15) is 0 Å². The number of nitrogens with zero attached hydrogens (tertiary/aromatic N) is 4. The van der Waals surface area contributed by atoms with E-state index in [0.29, 0.717) is 11.1 Å².